The van der Waals surface area contributed by atoms with Crippen LogP contribution in [0.3, 0.4) is 0 Å². The van der Waals surface area contributed by atoms with Gasteiger partial charge in [0.1, 0.15) is 22.8 Å². The highest BCUT2D eigenvalue weighted by molar-refractivity contribution is 6.33. The van der Waals surface area contributed by atoms with Crippen molar-refractivity contribution >= 4 is 29.2 Å². The number of hydrogen-bond acceptors (Lipinski definition) is 5. The molecule has 3 aromatic rings. The van der Waals surface area contributed by atoms with Crippen LogP contribution in [0.4, 0.5) is 10.1 Å². The monoisotopic (exact) mass is 430 g/mol. The molecule has 1 heterocycles. The van der Waals surface area contributed by atoms with E-state index in [4.69, 9.17) is 20.9 Å². The molecule has 0 aliphatic rings. The molecular formula is C22H20ClFN2O4. The molecule has 0 radical (unpaired) electrons. The third-order valence-electron chi connectivity index (χ3n) is 4.61. The van der Waals surface area contributed by atoms with Crippen LogP contribution in [0.2, 0.25) is 5.02 Å². The smallest absolute Gasteiger partial charge is 0.344 e. The summed E-state index contributed by atoms with van der Waals surface area (Å²) in [6, 6.07) is 9.81. The van der Waals surface area contributed by atoms with Crippen LogP contribution < -0.4 is 5.32 Å². The van der Waals surface area contributed by atoms with Crippen molar-refractivity contribution in [2.75, 3.05) is 11.9 Å². The maximum Gasteiger partial charge on any atom is 0.344 e. The summed E-state index contributed by atoms with van der Waals surface area (Å²) in [4.78, 5) is 25.0. The number of ether oxygens (including phenoxy) is 1. The molecule has 0 spiro atoms. The molecule has 6 nitrogen and oxygen atoms in total. The first-order valence-corrected chi connectivity index (χ1v) is 9.67. The molecule has 0 saturated carbocycles. The average molecular weight is 431 g/mol. The van der Waals surface area contributed by atoms with E-state index in [2.05, 4.69) is 10.5 Å². The first kappa shape index (κ1) is 21.5. The summed E-state index contributed by atoms with van der Waals surface area (Å²) in [7, 11) is 0. The molecule has 156 valence electrons. The van der Waals surface area contributed by atoms with Crippen molar-refractivity contribution in [2.45, 2.75) is 27.2 Å². The Morgan fingerprint density at radius 3 is 2.63 bits per heavy atom. The lowest BCUT2D eigenvalue weighted by atomic mass is 10.1. The van der Waals surface area contributed by atoms with Gasteiger partial charge in [-0.15, -0.1) is 0 Å². The Morgan fingerprint density at radius 2 is 1.93 bits per heavy atom. The Hall–Kier alpha value is -3.19. The van der Waals surface area contributed by atoms with Crippen molar-refractivity contribution in [1.82, 2.24) is 5.16 Å². The summed E-state index contributed by atoms with van der Waals surface area (Å²) in [5, 5.41) is 6.60. The maximum atomic E-state index is 14.3. The van der Waals surface area contributed by atoms with Crippen molar-refractivity contribution in [3.63, 3.8) is 0 Å². The minimum absolute atomic E-state index is 0.0695. The minimum Gasteiger partial charge on any atom is -0.452 e. The number of anilines is 1. The second-order valence-corrected chi connectivity index (χ2v) is 7.05. The predicted octanol–water partition coefficient (Wildman–Crippen LogP) is 5.11. The number of hydrogen-bond donors (Lipinski definition) is 1. The third-order valence-corrected chi connectivity index (χ3v) is 4.92. The van der Waals surface area contributed by atoms with Gasteiger partial charge in [0, 0.05) is 5.69 Å². The number of aromatic nitrogens is 1. The molecule has 0 unspecified atom stereocenters. The van der Waals surface area contributed by atoms with Crippen LogP contribution in [0, 0.1) is 19.7 Å². The quantitative estimate of drug-likeness (QED) is 0.549. The second-order valence-electron chi connectivity index (χ2n) is 6.65. The van der Waals surface area contributed by atoms with Gasteiger partial charge in [-0.05, 0) is 43.5 Å². The van der Waals surface area contributed by atoms with E-state index in [1.54, 1.807) is 0 Å². The SMILES string of the molecule is CCc1cccc(C)c1NC(=O)COC(=O)c1c(-c2c(F)cccc2Cl)noc1C. The summed E-state index contributed by atoms with van der Waals surface area (Å²) in [6.45, 7) is 4.83. The summed E-state index contributed by atoms with van der Waals surface area (Å²) in [5.74, 6) is -1.89. The normalized spacial score (nSPS) is 10.7. The van der Waals surface area contributed by atoms with Gasteiger partial charge in [0.05, 0.1) is 10.6 Å². The first-order valence-electron chi connectivity index (χ1n) is 9.29. The molecule has 1 aromatic heterocycles. The van der Waals surface area contributed by atoms with Gasteiger partial charge in [-0.2, -0.15) is 0 Å². The fourth-order valence-corrected chi connectivity index (χ4v) is 3.34. The highest BCUT2D eigenvalue weighted by atomic mass is 35.5. The Kier molecular flexibility index (Phi) is 6.52. The Labute approximate surface area is 178 Å². The van der Waals surface area contributed by atoms with Gasteiger partial charge in [-0.3, -0.25) is 4.79 Å². The standard InChI is InChI=1S/C22H20ClFN2O4/c1-4-14-8-5-7-12(2)20(14)25-17(27)11-29-22(28)18-13(3)30-26-21(18)19-15(23)9-6-10-16(19)24/h5-10H,4,11H2,1-3H3,(H,25,27). The number of nitrogens with one attached hydrogen (secondary N) is 1. The zero-order chi connectivity index (χ0) is 21.8. The zero-order valence-electron chi connectivity index (χ0n) is 16.7. The molecule has 30 heavy (non-hydrogen) atoms. The van der Waals surface area contributed by atoms with Gasteiger partial charge < -0.3 is 14.6 Å². The van der Waals surface area contributed by atoms with Gasteiger partial charge in [0.25, 0.3) is 5.91 Å². The van der Waals surface area contributed by atoms with Crippen LogP contribution >= 0.6 is 11.6 Å². The van der Waals surface area contributed by atoms with E-state index >= 15 is 0 Å². The molecule has 2 aromatic carbocycles. The number of esters is 1. The lowest BCUT2D eigenvalue weighted by Gasteiger charge is -2.13. The van der Waals surface area contributed by atoms with Gasteiger partial charge in [-0.25, -0.2) is 9.18 Å². The van der Waals surface area contributed by atoms with E-state index in [1.807, 2.05) is 32.0 Å². The molecule has 0 saturated heterocycles. The number of carbonyl (C=O) groups excluding carboxylic acids is 2. The maximum absolute atomic E-state index is 14.3. The molecular weight excluding hydrogens is 411 g/mol. The fourth-order valence-electron chi connectivity index (χ4n) is 3.09. The van der Waals surface area contributed by atoms with Gasteiger partial charge >= 0.3 is 5.97 Å². The number of amides is 1. The number of aryl methyl sites for hydroxylation is 3. The van der Waals surface area contributed by atoms with Crippen molar-refractivity contribution in [1.29, 1.82) is 0 Å². The lowest BCUT2D eigenvalue weighted by molar-refractivity contribution is -0.119. The topological polar surface area (TPSA) is 81.4 Å². The van der Waals surface area contributed by atoms with E-state index in [-0.39, 0.29) is 27.6 Å². The van der Waals surface area contributed by atoms with Gasteiger partial charge in [-0.1, -0.05) is 47.9 Å². The number of carbonyl (C=O) groups is 2. The zero-order valence-corrected chi connectivity index (χ0v) is 17.5. The van der Waals surface area contributed by atoms with Crippen LogP contribution in [0.1, 0.15) is 34.2 Å². The number of nitrogens with zero attached hydrogens (tertiary/aromatic N) is 1. The van der Waals surface area contributed by atoms with E-state index in [0.29, 0.717) is 5.69 Å². The molecule has 0 aliphatic heterocycles. The Bertz CT molecular complexity index is 1090. The summed E-state index contributed by atoms with van der Waals surface area (Å²) >= 11 is 6.07. The highest BCUT2D eigenvalue weighted by Gasteiger charge is 2.27. The van der Waals surface area contributed by atoms with E-state index < -0.39 is 24.3 Å². The highest BCUT2D eigenvalue weighted by Crippen LogP contribution is 2.33. The Balaban J connectivity index is 1.77. The third kappa shape index (κ3) is 4.36. The predicted molar refractivity (Wildman–Crippen MR) is 111 cm³/mol. The number of halogens is 2. The fraction of sp³-hybridized carbons (Fsp3) is 0.227. The van der Waals surface area contributed by atoms with Crippen molar-refractivity contribution in [3.05, 3.63) is 69.7 Å². The van der Waals surface area contributed by atoms with E-state index in [1.165, 1.54) is 25.1 Å². The van der Waals surface area contributed by atoms with Crippen LogP contribution in [0.25, 0.3) is 11.3 Å². The van der Waals surface area contributed by atoms with Crippen LogP contribution in [0.5, 0.6) is 0 Å². The van der Waals surface area contributed by atoms with E-state index in [9.17, 15) is 14.0 Å². The van der Waals surface area contributed by atoms with Crippen LogP contribution in [0.15, 0.2) is 40.9 Å². The van der Waals surface area contributed by atoms with Crippen LogP contribution in [-0.4, -0.2) is 23.6 Å². The van der Waals surface area contributed by atoms with Crippen molar-refractivity contribution in [3.8, 4) is 11.3 Å². The summed E-state index contributed by atoms with van der Waals surface area (Å²) < 4.78 is 24.5. The molecule has 0 fully saturated rings. The lowest BCUT2D eigenvalue weighted by Crippen LogP contribution is -2.22. The summed E-state index contributed by atoms with van der Waals surface area (Å²) in [5.41, 5.74) is 2.34. The summed E-state index contributed by atoms with van der Waals surface area (Å²) in [6.07, 6.45) is 0.740. The molecule has 8 heteroatoms. The molecule has 1 N–H and O–H groups in total. The largest absolute Gasteiger partial charge is 0.452 e. The molecule has 0 atom stereocenters. The van der Waals surface area contributed by atoms with Crippen molar-refractivity contribution < 1.29 is 23.2 Å². The molecule has 0 aliphatic carbocycles. The average Bonchev–Trinajstić information content (AvgIpc) is 3.08. The number of rotatable bonds is 6. The van der Waals surface area contributed by atoms with Crippen LogP contribution in [-0.2, 0) is 16.0 Å². The molecule has 3 rings (SSSR count). The van der Waals surface area contributed by atoms with Gasteiger partial charge in [0.2, 0.25) is 0 Å². The Morgan fingerprint density at radius 1 is 1.20 bits per heavy atom. The van der Waals surface area contributed by atoms with E-state index in [0.717, 1.165) is 17.5 Å². The number of para-hydroxylation sites is 1. The van der Waals surface area contributed by atoms with Crippen molar-refractivity contribution in [2.24, 2.45) is 0 Å². The molecule has 0 bridgehead atoms. The number of benzene rings is 2. The second kappa shape index (κ2) is 9.09. The first-order chi connectivity index (χ1) is 14.3. The van der Waals surface area contributed by atoms with Gasteiger partial charge in [0.15, 0.2) is 6.61 Å². The molecule has 1 amide bonds. The minimum atomic E-state index is -0.862.